The second-order valence-corrected chi connectivity index (χ2v) is 8.62. The fourth-order valence-electron chi connectivity index (χ4n) is 4.73. The zero-order valence-corrected chi connectivity index (χ0v) is 17.8. The van der Waals surface area contributed by atoms with Gasteiger partial charge >= 0.3 is 0 Å². The number of para-hydroxylation sites is 1. The van der Waals surface area contributed by atoms with Crippen molar-refractivity contribution in [3.05, 3.63) is 64.7 Å². The van der Waals surface area contributed by atoms with Crippen LogP contribution >= 0.6 is 0 Å². The molecule has 2 aromatic rings. The first kappa shape index (κ1) is 20.4. The number of fused-ring (bicyclic) bond motifs is 2. The molecule has 3 aliphatic heterocycles. The number of carbonyl (C=O) groups is 4. The fraction of sp³-hybridized carbons (Fsp3) is 0.333. The van der Waals surface area contributed by atoms with Crippen LogP contribution in [0.25, 0.3) is 0 Å². The monoisotopic (exact) mass is 432 g/mol. The standard InChI is InChI=1S/C24H24N4O4/c1-14-12-27(19-5-3-2-4-16(19)11-25-14)13-15-6-7-17-18(10-15)24(32)28(23(17)31)20-8-9-21(29)26-22(20)30/h2-7,10,14,20,25H,8-9,11-13H2,1H3,(H,26,29,30). The van der Waals surface area contributed by atoms with Gasteiger partial charge in [-0.05, 0) is 42.7 Å². The number of nitrogens with one attached hydrogen (secondary N) is 2. The molecule has 32 heavy (non-hydrogen) atoms. The Morgan fingerprint density at radius 1 is 1.00 bits per heavy atom. The molecule has 5 rings (SSSR count). The Morgan fingerprint density at radius 2 is 1.78 bits per heavy atom. The summed E-state index contributed by atoms with van der Waals surface area (Å²) >= 11 is 0. The van der Waals surface area contributed by atoms with E-state index in [2.05, 4.69) is 34.6 Å². The Balaban J connectivity index is 1.42. The van der Waals surface area contributed by atoms with E-state index >= 15 is 0 Å². The third kappa shape index (κ3) is 3.46. The average molecular weight is 432 g/mol. The van der Waals surface area contributed by atoms with Crippen LogP contribution in [-0.2, 0) is 22.7 Å². The maximum absolute atomic E-state index is 13.1. The molecule has 2 atom stereocenters. The molecule has 2 unspecified atom stereocenters. The molecule has 0 spiro atoms. The number of carbonyl (C=O) groups excluding carboxylic acids is 4. The van der Waals surface area contributed by atoms with Crippen LogP contribution in [0.2, 0.25) is 0 Å². The Kier molecular flexibility index (Phi) is 5.01. The molecule has 0 saturated carbocycles. The third-order valence-corrected chi connectivity index (χ3v) is 6.35. The minimum atomic E-state index is -0.951. The quantitative estimate of drug-likeness (QED) is 0.715. The van der Waals surface area contributed by atoms with Gasteiger partial charge in [0.15, 0.2) is 0 Å². The number of piperidine rings is 1. The van der Waals surface area contributed by atoms with E-state index in [4.69, 9.17) is 0 Å². The Labute approximate surface area is 185 Å². The van der Waals surface area contributed by atoms with Crippen molar-refractivity contribution in [3.63, 3.8) is 0 Å². The summed E-state index contributed by atoms with van der Waals surface area (Å²) in [7, 11) is 0. The van der Waals surface area contributed by atoms with Gasteiger partial charge in [0.25, 0.3) is 11.8 Å². The van der Waals surface area contributed by atoms with Crippen molar-refractivity contribution >= 4 is 29.3 Å². The van der Waals surface area contributed by atoms with E-state index < -0.39 is 23.8 Å². The highest BCUT2D eigenvalue weighted by atomic mass is 16.2. The average Bonchev–Trinajstić information content (AvgIpc) is 2.91. The normalized spacial score (nSPS) is 23.0. The maximum atomic E-state index is 13.1. The molecule has 0 aromatic heterocycles. The summed E-state index contributed by atoms with van der Waals surface area (Å²) in [5, 5.41) is 5.73. The third-order valence-electron chi connectivity index (χ3n) is 6.35. The number of imide groups is 2. The highest BCUT2D eigenvalue weighted by Crippen LogP contribution is 2.30. The van der Waals surface area contributed by atoms with Gasteiger partial charge in [-0.1, -0.05) is 24.3 Å². The summed E-state index contributed by atoms with van der Waals surface area (Å²) in [5.74, 6) is -1.94. The highest BCUT2D eigenvalue weighted by Gasteiger charge is 2.44. The van der Waals surface area contributed by atoms with Crippen molar-refractivity contribution in [2.75, 3.05) is 11.4 Å². The molecule has 3 heterocycles. The van der Waals surface area contributed by atoms with Crippen molar-refractivity contribution in [1.82, 2.24) is 15.5 Å². The zero-order valence-electron chi connectivity index (χ0n) is 17.8. The lowest BCUT2D eigenvalue weighted by atomic mass is 10.0. The van der Waals surface area contributed by atoms with E-state index in [0.717, 1.165) is 29.2 Å². The topological polar surface area (TPSA) is 98.8 Å². The number of hydrogen-bond donors (Lipinski definition) is 2. The highest BCUT2D eigenvalue weighted by molar-refractivity contribution is 6.23. The molecular weight excluding hydrogens is 408 g/mol. The largest absolute Gasteiger partial charge is 0.365 e. The van der Waals surface area contributed by atoms with Crippen molar-refractivity contribution in [2.45, 2.75) is 44.9 Å². The summed E-state index contributed by atoms with van der Waals surface area (Å²) in [6, 6.07) is 12.9. The van der Waals surface area contributed by atoms with Gasteiger partial charge in [0, 0.05) is 37.8 Å². The molecule has 2 aromatic carbocycles. The molecule has 0 aliphatic carbocycles. The van der Waals surface area contributed by atoms with E-state index in [1.54, 1.807) is 12.1 Å². The Bertz CT molecular complexity index is 1140. The second kappa shape index (κ2) is 7.87. The number of hydrogen-bond acceptors (Lipinski definition) is 6. The van der Waals surface area contributed by atoms with E-state index in [-0.39, 0.29) is 18.7 Å². The molecule has 164 valence electrons. The van der Waals surface area contributed by atoms with Gasteiger partial charge in [-0.25, -0.2) is 0 Å². The number of nitrogens with zero attached hydrogens (tertiary/aromatic N) is 2. The lowest BCUT2D eigenvalue weighted by Crippen LogP contribution is -2.54. The maximum Gasteiger partial charge on any atom is 0.262 e. The smallest absolute Gasteiger partial charge is 0.262 e. The first-order valence-electron chi connectivity index (χ1n) is 10.8. The summed E-state index contributed by atoms with van der Waals surface area (Å²) in [6.45, 7) is 4.34. The van der Waals surface area contributed by atoms with Crippen LogP contribution in [0.5, 0.6) is 0 Å². The fourth-order valence-corrected chi connectivity index (χ4v) is 4.73. The van der Waals surface area contributed by atoms with Crippen molar-refractivity contribution in [2.24, 2.45) is 0 Å². The molecular formula is C24H24N4O4. The van der Waals surface area contributed by atoms with Gasteiger partial charge in [0.2, 0.25) is 11.8 Å². The first-order chi connectivity index (χ1) is 15.4. The van der Waals surface area contributed by atoms with E-state index in [1.807, 2.05) is 18.2 Å². The summed E-state index contributed by atoms with van der Waals surface area (Å²) in [4.78, 5) is 53.0. The Hall–Kier alpha value is -3.52. The van der Waals surface area contributed by atoms with Crippen LogP contribution in [0.1, 0.15) is 51.6 Å². The van der Waals surface area contributed by atoms with E-state index in [9.17, 15) is 19.2 Å². The number of amides is 4. The number of rotatable bonds is 3. The SMILES string of the molecule is CC1CN(Cc2ccc3c(c2)C(=O)N(C2CCC(=O)NC2=O)C3=O)c2ccccc2CN1. The lowest BCUT2D eigenvalue weighted by Gasteiger charge is -2.27. The van der Waals surface area contributed by atoms with E-state index in [0.29, 0.717) is 23.7 Å². The van der Waals surface area contributed by atoms with Gasteiger partial charge in [-0.2, -0.15) is 0 Å². The van der Waals surface area contributed by atoms with Gasteiger partial charge in [0.05, 0.1) is 11.1 Å². The second-order valence-electron chi connectivity index (χ2n) is 8.62. The number of anilines is 1. The molecule has 0 bridgehead atoms. The summed E-state index contributed by atoms with van der Waals surface area (Å²) in [6.07, 6.45) is 0.258. The molecule has 0 radical (unpaired) electrons. The van der Waals surface area contributed by atoms with Crippen LogP contribution in [-0.4, -0.2) is 47.2 Å². The summed E-state index contributed by atoms with van der Waals surface area (Å²) < 4.78 is 0. The molecule has 8 heteroatoms. The molecule has 3 aliphatic rings. The molecule has 1 saturated heterocycles. The van der Waals surface area contributed by atoms with Crippen LogP contribution in [0.4, 0.5) is 5.69 Å². The molecule has 4 amide bonds. The Morgan fingerprint density at radius 3 is 2.59 bits per heavy atom. The minimum Gasteiger partial charge on any atom is -0.365 e. The van der Waals surface area contributed by atoms with Crippen LogP contribution in [0, 0.1) is 0 Å². The van der Waals surface area contributed by atoms with Gasteiger partial charge in [-0.3, -0.25) is 29.4 Å². The van der Waals surface area contributed by atoms with Gasteiger partial charge in [-0.15, -0.1) is 0 Å². The van der Waals surface area contributed by atoms with Crippen LogP contribution < -0.4 is 15.5 Å². The predicted molar refractivity (Wildman–Crippen MR) is 117 cm³/mol. The lowest BCUT2D eigenvalue weighted by molar-refractivity contribution is -0.136. The first-order valence-corrected chi connectivity index (χ1v) is 10.8. The van der Waals surface area contributed by atoms with Crippen LogP contribution in [0.3, 0.4) is 0 Å². The van der Waals surface area contributed by atoms with Crippen LogP contribution in [0.15, 0.2) is 42.5 Å². The predicted octanol–water partition coefficient (Wildman–Crippen LogP) is 1.59. The molecule has 1 fully saturated rings. The minimum absolute atomic E-state index is 0.107. The van der Waals surface area contributed by atoms with Crippen molar-refractivity contribution < 1.29 is 19.2 Å². The van der Waals surface area contributed by atoms with E-state index in [1.165, 1.54) is 5.56 Å². The molecule has 2 N–H and O–H groups in total. The van der Waals surface area contributed by atoms with Gasteiger partial charge in [0.1, 0.15) is 6.04 Å². The molecule has 8 nitrogen and oxygen atoms in total. The zero-order chi connectivity index (χ0) is 22.4. The summed E-state index contributed by atoms with van der Waals surface area (Å²) in [5.41, 5.74) is 3.89. The number of benzene rings is 2. The van der Waals surface area contributed by atoms with Gasteiger partial charge < -0.3 is 10.2 Å². The van der Waals surface area contributed by atoms with Crippen molar-refractivity contribution in [3.8, 4) is 0 Å². The van der Waals surface area contributed by atoms with Crippen molar-refractivity contribution in [1.29, 1.82) is 0 Å².